The Hall–Kier alpha value is -3.90. The highest BCUT2D eigenvalue weighted by Crippen LogP contribution is 2.28. The topological polar surface area (TPSA) is 71.7 Å². The molecule has 212 valence electrons. The molecule has 0 spiro atoms. The predicted octanol–water partition coefficient (Wildman–Crippen LogP) is 6.56. The van der Waals surface area contributed by atoms with Gasteiger partial charge < -0.3 is 20.3 Å². The number of amides is 1. The Morgan fingerprint density at radius 1 is 1.25 bits per heavy atom. The summed E-state index contributed by atoms with van der Waals surface area (Å²) in [4.78, 5) is 20.7. The lowest BCUT2D eigenvalue weighted by molar-refractivity contribution is -0.127. The lowest BCUT2D eigenvalue weighted by Crippen LogP contribution is -2.46. The normalized spacial score (nSPS) is 18.0. The van der Waals surface area contributed by atoms with Crippen LogP contribution < -0.4 is 10.5 Å². The Morgan fingerprint density at radius 2 is 2.02 bits per heavy atom. The Balaban J connectivity index is 0.000000472. The fourth-order valence-electron chi connectivity index (χ4n) is 4.74. The molecule has 1 atom stereocenters. The second kappa shape index (κ2) is 14.5. The smallest absolute Gasteiger partial charge is 0.254 e. The van der Waals surface area contributed by atoms with Crippen LogP contribution in [0.25, 0.3) is 6.08 Å². The summed E-state index contributed by atoms with van der Waals surface area (Å²) in [5.74, 6) is 0.890. The van der Waals surface area contributed by atoms with Crippen molar-refractivity contribution in [2.24, 2.45) is 5.73 Å². The summed E-state index contributed by atoms with van der Waals surface area (Å²) in [7, 11) is 1.68. The number of aryl methyl sites for hydroxylation is 2. The number of carbonyl (C=O) groups is 1. The second-order valence-electron chi connectivity index (χ2n) is 10.4. The molecule has 40 heavy (non-hydrogen) atoms. The number of ether oxygens (including phenoxy) is 1. The molecule has 1 fully saturated rings. The van der Waals surface area contributed by atoms with Gasteiger partial charge in [0, 0.05) is 54.7 Å². The zero-order valence-corrected chi connectivity index (χ0v) is 24.9. The number of allylic oxidation sites excluding steroid dienone is 4. The molecule has 1 amide bonds. The summed E-state index contributed by atoms with van der Waals surface area (Å²) in [6.07, 6.45) is 14.6. The van der Waals surface area contributed by atoms with Crippen LogP contribution in [0.3, 0.4) is 0 Å². The molecule has 2 aromatic rings. The zero-order valence-electron chi connectivity index (χ0n) is 24.9. The third-order valence-electron chi connectivity index (χ3n) is 7.50. The van der Waals surface area contributed by atoms with Crippen molar-refractivity contribution < 1.29 is 9.53 Å². The molecule has 6 heteroatoms. The fourth-order valence-corrected chi connectivity index (χ4v) is 4.74. The van der Waals surface area contributed by atoms with Gasteiger partial charge in [-0.3, -0.25) is 9.78 Å². The van der Waals surface area contributed by atoms with Crippen LogP contribution in [0.5, 0.6) is 5.75 Å². The summed E-state index contributed by atoms with van der Waals surface area (Å²) in [5, 5.41) is 0. The van der Waals surface area contributed by atoms with Crippen molar-refractivity contribution in [3.05, 3.63) is 112 Å². The summed E-state index contributed by atoms with van der Waals surface area (Å²) < 4.78 is 5.31. The minimum absolute atomic E-state index is 0.0293. The van der Waals surface area contributed by atoms with Gasteiger partial charge >= 0.3 is 0 Å². The first-order chi connectivity index (χ1) is 19.1. The summed E-state index contributed by atoms with van der Waals surface area (Å²) in [6, 6.07) is 10.2. The number of likely N-dealkylation sites (tertiary alicyclic amines) is 1. The van der Waals surface area contributed by atoms with Crippen LogP contribution in [0, 0.1) is 6.92 Å². The van der Waals surface area contributed by atoms with Crippen LogP contribution in [0.2, 0.25) is 0 Å². The Bertz CT molecular complexity index is 1320. The molecule has 2 aliphatic heterocycles. The van der Waals surface area contributed by atoms with Gasteiger partial charge in [-0.1, -0.05) is 31.7 Å². The molecule has 0 aliphatic carbocycles. The third-order valence-corrected chi connectivity index (χ3v) is 7.50. The van der Waals surface area contributed by atoms with Gasteiger partial charge in [0.15, 0.2) is 0 Å². The van der Waals surface area contributed by atoms with Gasteiger partial charge in [-0.25, -0.2) is 0 Å². The van der Waals surface area contributed by atoms with Gasteiger partial charge in [0.25, 0.3) is 5.91 Å². The number of aromatic nitrogens is 1. The summed E-state index contributed by atoms with van der Waals surface area (Å²) >= 11 is 0. The first-order valence-corrected chi connectivity index (χ1v) is 14.0. The Labute approximate surface area is 240 Å². The van der Waals surface area contributed by atoms with E-state index in [9.17, 15) is 4.79 Å². The van der Waals surface area contributed by atoms with Gasteiger partial charge in [0.05, 0.1) is 7.11 Å². The van der Waals surface area contributed by atoms with Gasteiger partial charge in [-0.2, -0.15) is 0 Å². The number of pyridine rings is 1. The molecule has 0 bridgehead atoms. The molecule has 0 radical (unpaired) electrons. The number of benzene rings is 1. The van der Waals surface area contributed by atoms with Crippen LogP contribution in [0.4, 0.5) is 0 Å². The van der Waals surface area contributed by atoms with E-state index in [1.807, 2.05) is 52.5 Å². The molecule has 1 aromatic heterocycles. The highest BCUT2D eigenvalue weighted by molar-refractivity contribution is 5.97. The van der Waals surface area contributed by atoms with E-state index in [1.165, 1.54) is 16.7 Å². The molecule has 1 unspecified atom stereocenters. The number of rotatable bonds is 6. The number of hydrogen-bond donors (Lipinski definition) is 1. The maximum atomic E-state index is 12.9. The van der Waals surface area contributed by atoms with Crippen molar-refractivity contribution in [2.45, 2.75) is 59.9 Å². The number of piperidine rings is 1. The highest BCUT2D eigenvalue weighted by Gasteiger charge is 2.25. The van der Waals surface area contributed by atoms with Gasteiger partial charge in [0.1, 0.15) is 5.75 Å². The molecule has 1 aromatic carbocycles. The lowest BCUT2D eigenvalue weighted by atomic mass is 10.00. The van der Waals surface area contributed by atoms with E-state index in [0.717, 1.165) is 54.1 Å². The SMILES string of the molecule is C=C1C=C(C(=O)N2CCCC(N)C2)C=CN1/C(C)=C(C)/C(C)=C/c1ccc(OC)cc1C.CCc1cccnc1. The number of hydrogen-bond acceptors (Lipinski definition) is 5. The van der Waals surface area contributed by atoms with E-state index in [2.05, 4.69) is 64.4 Å². The minimum Gasteiger partial charge on any atom is -0.497 e. The standard InChI is InChI=1S/C27H35N3O2.C7H9N/c1-18(14-23-9-10-26(32-6)15-19(23)2)21(4)22(5)30-13-11-24(16-20(30)3)27(31)29-12-7-8-25(28)17-29;1-2-7-4-3-5-8-6-7/h9-11,13-16,25H,3,7-8,12,17,28H2,1-2,4-6H3;3-6H,2H2,1H3/b18-14+,22-21+;. The zero-order chi connectivity index (χ0) is 29.2. The predicted molar refractivity (Wildman–Crippen MR) is 165 cm³/mol. The first-order valence-electron chi connectivity index (χ1n) is 14.0. The highest BCUT2D eigenvalue weighted by atomic mass is 16.5. The molecular formula is C34H44N4O2. The van der Waals surface area contributed by atoms with E-state index in [4.69, 9.17) is 10.5 Å². The Morgan fingerprint density at radius 3 is 2.60 bits per heavy atom. The summed E-state index contributed by atoms with van der Waals surface area (Å²) in [5.41, 5.74) is 14.5. The van der Waals surface area contributed by atoms with Crippen LogP contribution in [-0.2, 0) is 11.2 Å². The van der Waals surface area contributed by atoms with Crippen molar-refractivity contribution >= 4 is 12.0 Å². The van der Waals surface area contributed by atoms with Crippen molar-refractivity contribution in [3.63, 3.8) is 0 Å². The van der Waals surface area contributed by atoms with Crippen molar-refractivity contribution in [1.29, 1.82) is 0 Å². The molecule has 6 nitrogen and oxygen atoms in total. The van der Waals surface area contributed by atoms with E-state index < -0.39 is 0 Å². The molecule has 2 aliphatic rings. The van der Waals surface area contributed by atoms with Gasteiger partial charge in [0.2, 0.25) is 0 Å². The van der Waals surface area contributed by atoms with Crippen LogP contribution >= 0.6 is 0 Å². The number of carbonyl (C=O) groups excluding carboxylic acids is 1. The van der Waals surface area contributed by atoms with Gasteiger partial charge in [-0.15, -0.1) is 0 Å². The minimum atomic E-state index is 0.0293. The van der Waals surface area contributed by atoms with Crippen molar-refractivity contribution in [3.8, 4) is 5.75 Å². The fraction of sp³-hybridized carbons (Fsp3) is 0.353. The van der Waals surface area contributed by atoms with Gasteiger partial charge in [-0.05, 0) is 105 Å². The average Bonchev–Trinajstić information content (AvgIpc) is 2.97. The molecule has 4 rings (SSSR count). The molecule has 3 heterocycles. The quantitative estimate of drug-likeness (QED) is 0.420. The third kappa shape index (κ3) is 8.06. The molecule has 1 saturated heterocycles. The number of nitrogens with two attached hydrogens (primary N) is 1. The molecule has 2 N–H and O–H groups in total. The second-order valence-corrected chi connectivity index (χ2v) is 10.4. The monoisotopic (exact) mass is 540 g/mol. The van der Waals surface area contributed by atoms with E-state index in [1.54, 1.807) is 13.3 Å². The maximum absolute atomic E-state index is 12.9. The van der Waals surface area contributed by atoms with E-state index >= 15 is 0 Å². The van der Waals surface area contributed by atoms with E-state index in [-0.39, 0.29) is 11.9 Å². The summed E-state index contributed by atoms with van der Waals surface area (Å²) in [6.45, 7) is 16.1. The van der Waals surface area contributed by atoms with Crippen molar-refractivity contribution in [2.75, 3.05) is 20.2 Å². The first kappa shape index (κ1) is 30.6. The van der Waals surface area contributed by atoms with Crippen molar-refractivity contribution in [1.82, 2.24) is 14.8 Å². The molecular weight excluding hydrogens is 496 g/mol. The molecule has 0 saturated carbocycles. The number of nitrogens with zero attached hydrogens (tertiary/aromatic N) is 3. The van der Waals surface area contributed by atoms with Crippen LogP contribution in [0.15, 0.2) is 95.8 Å². The largest absolute Gasteiger partial charge is 0.497 e. The van der Waals surface area contributed by atoms with Crippen LogP contribution in [0.1, 0.15) is 57.2 Å². The maximum Gasteiger partial charge on any atom is 0.254 e. The van der Waals surface area contributed by atoms with E-state index in [0.29, 0.717) is 12.1 Å². The average molecular weight is 541 g/mol. The van der Waals surface area contributed by atoms with Crippen LogP contribution in [-0.4, -0.2) is 46.9 Å². The lowest BCUT2D eigenvalue weighted by Gasteiger charge is -2.32. The number of methoxy groups -OCH3 is 1. The Kier molecular flexibility index (Phi) is 11.1.